The van der Waals surface area contributed by atoms with Gasteiger partial charge in [-0.1, -0.05) is 66.4 Å². The molecule has 6 heteroatoms. The summed E-state index contributed by atoms with van der Waals surface area (Å²) in [5.74, 6) is -0.489. The van der Waals surface area contributed by atoms with Gasteiger partial charge in [-0.25, -0.2) is 4.79 Å². The number of nitrogens with zero attached hydrogens (tertiary/aromatic N) is 1. The molecule has 0 spiro atoms. The maximum Gasteiger partial charge on any atom is 0.337 e. The summed E-state index contributed by atoms with van der Waals surface area (Å²) < 4.78 is 5.22. The lowest BCUT2D eigenvalue weighted by Crippen LogP contribution is -2.27. The summed E-state index contributed by atoms with van der Waals surface area (Å²) in [4.78, 5) is 26.3. The minimum atomic E-state index is -0.388. The molecule has 1 aliphatic heterocycles. The van der Waals surface area contributed by atoms with Crippen LogP contribution in [-0.2, 0) is 16.1 Å². The van der Waals surface area contributed by atoms with E-state index in [0.717, 1.165) is 11.1 Å². The van der Waals surface area contributed by atoms with Crippen LogP contribution in [0, 0.1) is 0 Å². The predicted octanol–water partition coefficient (Wildman–Crippen LogP) is 3.87. The molecule has 2 aromatic carbocycles. The Morgan fingerprint density at radius 3 is 2.48 bits per heavy atom. The highest BCUT2D eigenvalue weighted by molar-refractivity contribution is 8.26. The van der Waals surface area contributed by atoms with Crippen LogP contribution in [0.2, 0.25) is 0 Å². The van der Waals surface area contributed by atoms with E-state index in [1.165, 1.54) is 18.9 Å². The van der Waals surface area contributed by atoms with Crippen molar-refractivity contribution in [2.45, 2.75) is 6.54 Å². The van der Waals surface area contributed by atoms with Crippen molar-refractivity contribution in [1.29, 1.82) is 0 Å². The number of carbonyl (C=O) groups excluding carboxylic acids is 2. The predicted molar refractivity (Wildman–Crippen MR) is 103 cm³/mol. The quantitative estimate of drug-likeness (QED) is 0.465. The highest BCUT2D eigenvalue weighted by Gasteiger charge is 2.31. The summed E-state index contributed by atoms with van der Waals surface area (Å²) in [6.07, 6.45) is 1.78. The Morgan fingerprint density at radius 2 is 1.84 bits per heavy atom. The molecular formula is C19H15NO3S2. The maximum absolute atomic E-state index is 12.6. The van der Waals surface area contributed by atoms with Crippen LogP contribution in [0.4, 0.5) is 0 Å². The number of thioether (sulfide) groups is 1. The molecule has 0 saturated carbocycles. The lowest BCUT2D eigenvalue weighted by molar-refractivity contribution is -0.122. The average Bonchev–Trinajstić information content (AvgIpc) is 2.90. The molecule has 0 aliphatic carbocycles. The number of carbonyl (C=O) groups is 2. The van der Waals surface area contributed by atoms with Crippen molar-refractivity contribution < 1.29 is 14.3 Å². The van der Waals surface area contributed by atoms with Crippen LogP contribution in [0.25, 0.3) is 6.08 Å². The van der Waals surface area contributed by atoms with Gasteiger partial charge in [0, 0.05) is 0 Å². The molecule has 0 aromatic heterocycles. The number of amides is 1. The monoisotopic (exact) mass is 369 g/mol. The molecular weight excluding hydrogens is 354 g/mol. The fourth-order valence-electron chi connectivity index (χ4n) is 2.39. The van der Waals surface area contributed by atoms with E-state index in [-0.39, 0.29) is 11.9 Å². The average molecular weight is 369 g/mol. The lowest BCUT2D eigenvalue weighted by Gasteiger charge is -2.14. The van der Waals surface area contributed by atoms with Gasteiger partial charge in [-0.15, -0.1) is 0 Å². The summed E-state index contributed by atoms with van der Waals surface area (Å²) in [7, 11) is 1.34. The van der Waals surface area contributed by atoms with Gasteiger partial charge in [-0.05, 0) is 29.3 Å². The first-order valence-electron chi connectivity index (χ1n) is 7.56. The van der Waals surface area contributed by atoms with Crippen LogP contribution in [-0.4, -0.2) is 28.2 Å². The Hall–Kier alpha value is -2.44. The highest BCUT2D eigenvalue weighted by atomic mass is 32.2. The van der Waals surface area contributed by atoms with E-state index in [9.17, 15) is 9.59 Å². The zero-order valence-electron chi connectivity index (χ0n) is 13.5. The number of rotatable bonds is 4. The van der Waals surface area contributed by atoms with Gasteiger partial charge >= 0.3 is 5.97 Å². The van der Waals surface area contributed by atoms with Crippen molar-refractivity contribution >= 4 is 46.3 Å². The lowest BCUT2D eigenvalue weighted by atomic mass is 10.1. The normalized spacial score (nSPS) is 15.7. The fourth-order valence-corrected chi connectivity index (χ4v) is 3.64. The van der Waals surface area contributed by atoms with Crippen LogP contribution in [0.15, 0.2) is 59.5 Å². The van der Waals surface area contributed by atoms with Crippen LogP contribution in [0.1, 0.15) is 21.5 Å². The Kier molecular flexibility index (Phi) is 5.31. The molecule has 1 saturated heterocycles. The second-order valence-electron chi connectivity index (χ2n) is 5.37. The van der Waals surface area contributed by atoms with Gasteiger partial charge in [-0.3, -0.25) is 9.69 Å². The van der Waals surface area contributed by atoms with E-state index in [1.54, 1.807) is 35.2 Å². The van der Waals surface area contributed by atoms with E-state index < -0.39 is 0 Å². The minimum Gasteiger partial charge on any atom is -0.465 e. The Morgan fingerprint density at radius 1 is 1.16 bits per heavy atom. The molecule has 1 fully saturated rings. The third-order valence-corrected chi connectivity index (χ3v) is 5.06. The summed E-state index contributed by atoms with van der Waals surface area (Å²) in [6.45, 7) is 0.462. The molecule has 126 valence electrons. The van der Waals surface area contributed by atoms with Crippen LogP contribution >= 0.6 is 24.0 Å². The largest absolute Gasteiger partial charge is 0.465 e. The van der Waals surface area contributed by atoms with Crippen molar-refractivity contribution in [3.8, 4) is 0 Å². The van der Waals surface area contributed by atoms with Gasteiger partial charge in [0.15, 0.2) is 0 Å². The first kappa shape index (κ1) is 17.4. The highest BCUT2D eigenvalue weighted by Crippen LogP contribution is 2.33. The second-order valence-corrected chi connectivity index (χ2v) is 7.04. The molecule has 0 atom stereocenters. The van der Waals surface area contributed by atoms with E-state index >= 15 is 0 Å². The SMILES string of the molecule is COC(=O)c1ccc(C=C2SC(=S)N(Cc3ccccc3)C2=O)cc1. The van der Waals surface area contributed by atoms with E-state index in [4.69, 9.17) is 12.2 Å². The van der Waals surface area contributed by atoms with Gasteiger partial charge in [0.2, 0.25) is 0 Å². The van der Waals surface area contributed by atoms with Crippen LogP contribution in [0.3, 0.4) is 0 Å². The molecule has 4 nitrogen and oxygen atoms in total. The zero-order valence-corrected chi connectivity index (χ0v) is 15.1. The van der Waals surface area contributed by atoms with Gasteiger partial charge in [0.25, 0.3) is 5.91 Å². The van der Waals surface area contributed by atoms with Crippen LogP contribution in [0.5, 0.6) is 0 Å². The molecule has 3 rings (SSSR count). The number of esters is 1. The van der Waals surface area contributed by atoms with Crippen molar-refractivity contribution in [2.75, 3.05) is 7.11 Å². The molecule has 0 bridgehead atoms. The van der Waals surface area contributed by atoms with Crippen molar-refractivity contribution in [2.24, 2.45) is 0 Å². The standard InChI is InChI=1S/C19H15NO3S2/c1-23-18(22)15-9-7-13(8-10-15)11-16-17(21)20(19(24)25-16)12-14-5-3-2-4-6-14/h2-11H,12H2,1H3. The summed E-state index contributed by atoms with van der Waals surface area (Å²) in [6, 6.07) is 16.6. The smallest absolute Gasteiger partial charge is 0.337 e. The number of hydrogen-bond acceptors (Lipinski definition) is 5. The number of methoxy groups -OCH3 is 1. The third-order valence-electron chi connectivity index (χ3n) is 3.69. The number of hydrogen-bond donors (Lipinski definition) is 0. The van der Waals surface area contributed by atoms with Gasteiger partial charge in [-0.2, -0.15) is 0 Å². The molecule has 1 aliphatic rings. The molecule has 0 unspecified atom stereocenters. The number of benzene rings is 2. The van der Waals surface area contributed by atoms with Gasteiger partial charge < -0.3 is 4.74 Å². The van der Waals surface area contributed by atoms with Crippen molar-refractivity contribution in [1.82, 2.24) is 4.90 Å². The first-order chi connectivity index (χ1) is 12.1. The topological polar surface area (TPSA) is 46.6 Å². The van der Waals surface area contributed by atoms with Gasteiger partial charge in [0.05, 0.1) is 24.1 Å². The van der Waals surface area contributed by atoms with Crippen molar-refractivity contribution in [3.63, 3.8) is 0 Å². The first-order valence-corrected chi connectivity index (χ1v) is 8.78. The number of thiocarbonyl (C=S) groups is 1. The second kappa shape index (κ2) is 7.63. The van der Waals surface area contributed by atoms with Crippen molar-refractivity contribution in [3.05, 3.63) is 76.2 Å². The summed E-state index contributed by atoms with van der Waals surface area (Å²) in [5, 5.41) is 0. The molecule has 25 heavy (non-hydrogen) atoms. The summed E-state index contributed by atoms with van der Waals surface area (Å²) in [5.41, 5.74) is 2.33. The molecule has 2 aromatic rings. The Balaban J connectivity index is 1.77. The maximum atomic E-state index is 12.6. The fraction of sp³-hybridized carbons (Fsp3) is 0.105. The van der Waals surface area contributed by atoms with Crippen LogP contribution < -0.4 is 0 Å². The Labute approximate surface area is 155 Å². The molecule has 0 N–H and O–H groups in total. The minimum absolute atomic E-state index is 0.101. The van der Waals surface area contributed by atoms with E-state index in [2.05, 4.69) is 4.74 Å². The molecule has 1 heterocycles. The zero-order chi connectivity index (χ0) is 17.8. The summed E-state index contributed by atoms with van der Waals surface area (Å²) >= 11 is 6.63. The Bertz CT molecular complexity index is 845. The molecule has 1 amide bonds. The van der Waals surface area contributed by atoms with E-state index in [1.807, 2.05) is 30.3 Å². The van der Waals surface area contributed by atoms with E-state index in [0.29, 0.717) is 21.3 Å². The molecule has 0 radical (unpaired) electrons. The van der Waals surface area contributed by atoms with Gasteiger partial charge in [0.1, 0.15) is 4.32 Å². The number of ether oxygens (including phenoxy) is 1. The third kappa shape index (κ3) is 3.97.